The smallest absolute Gasteiger partial charge is 0.250 e. The van der Waals surface area contributed by atoms with Crippen LogP contribution in [0.15, 0.2) is 35.9 Å². The van der Waals surface area contributed by atoms with Crippen molar-refractivity contribution in [3.05, 3.63) is 41.5 Å². The van der Waals surface area contributed by atoms with E-state index in [-0.39, 0.29) is 5.91 Å². The molecule has 0 spiro atoms. The summed E-state index contributed by atoms with van der Waals surface area (Å²) in [6, 6.07) is 7.35. The summed E-state index contributed by atoms with van der Waals surface area (Å²) in [6.07, 6.45) is 4.36. The SMILES string of the molecule is NC(=O)c1ccccc1NCCC1=CCNCC1. The summed E-state index contributed by atoms with van der Waals surface area (Å²) in [5.41, 5.74) is 8.17. The van der Waals surface area contributed by atoms with Gasteiger partial charge in [0.2, 0.25) is 0 Å². The molecule has 4 heteroatoms. The number of primary amides is 1. The molecule has 18 heavy (non-hydrogen) atoms. The molecule has 4 N–H and O–H groups in total. The second kappa shape index (κ2) is 6.21. The van der Waals surface area contributed by atoms with Gasteiger partial charge in [0.15, 0.2) is 0 Å². The van der Waals surface area contributed by atoms with Crippen LogP contribution in [0.1, 0.15) is 23.2 Å². The number of nitrogens with one attached hydrogen (secondary N) is 2. The molecule has 96 valence electrons. The highest BCUT2D eigenvalue weighted by atomic mass is 16.1. The van der Waals surface area contributed by atoms with E-state index in [1.807, 2.05) is 18.2 Å². The van der Waals surface area contributed by atoms with Gasteiger partial charge in [0.1, 0.15) is 0 Å². The molecule has 1 aromatic carbocycles. The van der Waals surface area contributed by atoms with Crippen LogP contribution in [0.25, 0.3) is 0 Å². The van der Waals surface area contributed by atoms with Gasteiger partial charge in [0.05, 0.1) is 5.56 Å². The second-order valence-electron chi connectivity index (χ2n) is 4.40. The van der Waals surface area contributed by atoms with Crippen molar-refractivity contribution >= 4 is 11.6 Å². The molecule has 2 rings (SSSR count). The number of rotatable bonds is 5. The third-order valence-corrected chi connectivity index (χ3v) is 3.11. The average Bonchev–Trinajstić information content (AvgIpc) is 2.40. The molecule has 0 bridgehead atoms. The van der Waals surface area contributed by atoms with Crippen LogP contribution in [0.2, 0.25) is 0 Å². The fourth-order valence-electron chi connectivity index (χ4n) is 2.11. The van der Waals surface area contributed by atoms with Crippen LogP contribution in [0.5, 0.6) is 0 Å². The third-order valence-electron chi connectivity index (χ3n) is 3.11. The van der Waals surface area contributed by atoms with E-state index in [9.17, 15) is 4.79 Å². The number of hydrogen-bond donors (Lipinski definition) is 3. The number of nitrogens with two attached hydrogens (primary N) is 1. The van der Waals surface area contributed by atoms with E-state index < -0.39 is 0 Å². The first-order valence-corrected chi connectivity index (χ1v) is 6.28. The predicted molar refractivity (Wildman–Crippen MR) is 73.6 cm³/mol. The lowest BCUT2D eigenvalue weighted by molar-refractivity contribution is 0.100. The molecular weight excluding hydrogens is 226 g/mol. The molecule has 0 fully saturated rings. The first-order chi connectivity index (χ1) is 8.77. The van der Waals surface area contributed by atoms with E-state index >= 15 is 0 Å². The Bertz CT molecular complexity index is 454. The number of amides is 1. The Balaban J connectivity index is 1.90. The number of hydrogen-bond acceptors (Lipinski definition) is 3. The Labute approximate surface area is 107 Å². The number of benzene rings is 1. The van der Waals surface area contributed by atoms with Crippen LogP contribution in [0.4, 0.5) is 5.69 Å². The first kappa shape index (κ1) is 12.6. The van der Waals surface area contributed by atoms with Gasteiger partial charge in [-0.25, -0.2) is 0 Å². The fourth-order valence-corrected chi connectivity index (χ4v) is 2.11. The number of carbonyl (C=O) groups excluding carboxylic acids is 1. The Morgan fingerprint density at radius 2 is 2.22 bits per heavy atom. The first-order valence-electron chi connectivity index (χ1n) is 6.28. The minimum Gasteiger partial charge on any atom is -0.384 e. The molecule has 0 aromatic heterocycles. The van der Waals surface area contributed by atoms with Crippen LogP contribution in [0, 0.1) is 0 Å². The van der Waals surface area contributed by atoms with E-state index in [1.165, 1.54) is 5.57 Å². The predicted octanol–water partition coefficient (Wildman–Crippen LogP) is 1.51. The molecule has 0 saturated carbocycles. The monoisotopic (exact) mass is 245 g/mol. The Morgan fingerprint density at radius 1 is 1.39 bits per heavy atom. The zero-order chi connectivity index (χ0) is 12.8. The van der Waals surface area contributed by atoms with Crippen molar-refractivity contribution in [2.75, 3.05) is 25.0 Å². The molecule has 4 nitrogen and oxygen atoms in total. The molecule has 1 heterocycles. The molecule has 0 saturated heterocycles. The van der Waals surface area contributed by atoms with E-state index in [1.54, 1.807) is 6.07 Å². The lowest BCUT2D eigenvalue weighted by Crippen LogP contribution is -2.21. The Kier molecular flexibility index (Phi) is 4.36. The Hall–Kier alpha value is -1.81. The van der Waals surface area contributed by atoms with E-state index in [4.69, 9.17) is 5.73 Å². The maximum absolute atomic E-state index is 11.2. The number of para-hydroxylation sites is 1. The molecule has 0 radical (unpaired) electrons. The van der Waals surface area contributed by atoms with Crippen molar-refractivity contribution in [3.63, 3.8) is 0 Å². The highest BCUT2D eigenvalue weighted by Crippen LogP contribution is 2.15. The minimum atomic E-state index is -0.390. The molecule has 1 aromatic rings. The summed E-state index contributed by atoms with van der Waals surface area (Å²) < 4.78 is 0. The number of carbonyl (C=O) groups is 1. The Morgan fingerprint density at radius 3 is 2.94 bits per heavy atom. The summed E-state index contributed by atoms with van der Waals surface area (Å²) in [5.74, 6) is -0.390. The van der Waals surface area contributed by atoms with Crippen molar-refractivity contribution in [2.45, 2.75) is 12.8 Å². The van der Waals surface area contributed by atoms with Gasteiger partial charge in [0.25, 0.3) is 5.91 Å². The zero-order valence-corrected chi connectivity index (χ0v) is 10.4. The van der Waals surface area contributed by atoms with Crippen LogP contribution >= 0.6 is 0 Å². The van der Waals surface area contributed by atoms with Crippen LogP contribution in [-0.2, 0) is 0 Å². The molecule has 0 atom stereocenters. The standard InChI is InChI=1S/C14H19N3O/c15-14(18)12-3-1-2-4-13(12)17-10-7-11-5-8-16-9-6-11/h1-5,16-17H,6-10H2,(H2,15,18). The van der Waals surface area contributed by atoms with Gasteiger partial charge >= 0.3 is 0 Å². The maximum atomic E-state index is 11.2. The second-order valence-corrected chi connectivity index (χ2v) is 4.40. The van der Waals surface area contributed by atoms with Gasteiger partial charge in [-0.15, -0.1) is 0 Å². The minimum absolute atomic E-state index is 0.390. The molecule has 1 amide bonds. The van der Waals surface area contributed by atoms with Crippen molar-refractivity contribution in [1.82, 2.24) is 5.32 Å². The van der Waals surface area contributed by atoms with Crippen LogP contribution in [0.3, 0.4) is 0 Å². The van der Waals surface area contributed by atoms with Gasteiger partial charge in [-0.1, -0.05) is 23.8 Å². The summed E-state index contributed by atoms with van der Waals surface area (Å²) >= 11 is 0. The normalized spacial score (nSPS) is 15.0. The van der Waals surface area contributed by atoms with Crippen molar-refractivity contribution in [2.24, 2.45) is 5.73 Å². The van der Waals surface area contributed by atoms with Crippen LogP contribution in [-0.4, -0.2) is 25.5 Å². The van der Waals surface area contributed by atoms with Crippen LogP contribution < -0.4 is 16.4 Å². The van der Waals surface area contributed by atoms with Crippen molar-refractivity contribution in [1.29, 1.82) is 0 Å². The van der Waals surface area contributed by atoms with Gasteiger partial charge < -0.3 is 16.4 Å². The molecular formula is C14H19N3O. The summed E-state index contributed by atoms with van der Waals surface area (Å²) in [7, 11) is 0. The quantitative estimate of drug-likeness (QED) is 0.689. The average molecular weight is 245 g/mol. The fraction of sp³-hybridized carbons (Fsp3) is 0.357. The van der Waals surface area contributed by atoms with E-state index in [0.29, 0.717) is 5.56 Å². The van der Waals surface area contributed by atoms with Crippen molar-refractivity contribution < 1.29 is 4.79 Å². The summed E-state index contributed by atoms with van der Waals surface area (Å²) in [5, 5.41) is 6.57. The molecule has 1 aliphatic heterocycles. The van der Waals surface area contributed by atoms with Gasteiger partial charge in [0, 0.05) is 18.8 Å². The zero-order valence-electron chi connectivity index (χ0n) is 10.4. The topological polar surface area (TPSA) is 67.2 Å². The highest BCUT2D eigenvalue weighted by molar-refractivity contribution is 5.98. The lowest BCUT2D eigenvalue weighted by Gasteiger charge is -2.15. The third kappa shape index (κ3) is 3.34. The lowest BCUT2D eigenvalue weighted by atomic mass is 10.1. The summed E-state index contributed by atoms with van der Waals surface area (Å²) in [4.78, 5) is 11.2. The summed E-state index contributed by atoms with van der Waals surface area (Å²) in [6.45, 7) is 2.85. The highest BCUT2D eigenvalue weighted by Gasteiger charge is 2.07. The molecule has 0 unspecified atom stereocenters. The maximum Gasteiger partial charge on any atom is 0.250 e. The van der Waals surface area contributed by atoms with Gasteiger partial charge in [-0.05, 0) is 31.5 Å². The number of anilines is 1. The van der Waals surface area contributed by atoms with E-state index in [0.717, 1.165) is 38.2 Å². The van der Waals surface area contributed by atoms with Gasteiger partial charge in [-0.2, -0.15) is 0 Å². The van der Waals surface area contributed by atoms with E-state index in [2.05, 4.69) is 16.7 Å². The van der Waals surface area contributed by atoms with Gasteiger partial charge in [-0.3, -0.25) is 4.79 Å². The largest absolute Gasteiger partial charge is 0.384 e. The van der Waals surface area contributed by atoms with Crippen molar-refractivity contribution in [3.8, 4) is 0 Å². The molecule has 0 aliphatic carbocycles. The molecule has 1 aliphatic rings.